The van der Waals surface area contributed by atoms with Crippen molar-refractivity contribution in [2.45, 2.75) is 32.4 Å². The van der Waals surface area contributed by atoms with E-state index in [4.69, 9.17) is 11.6 Å². The molecular weight excluding hydrogens is 464 g/mol. The van der Waals surface area contributed by atoms with E-state index in [2.05, 4.69) is 20.4 Å². The Bertz CT molecular complexity index is 1380. The number of anilines is 1. The maximum absolute atomic E-state index is 15.0. The first-order valence-corrected chi connectivity index (χ1v) is 10.8. The van der Waals surface area contributed by atoms with Crippen LogP contribution in [0.2, 0.25) is 5.02 Å². The summed E-state index contributed by atoms with van der Waals surface area (Å²) < 4.78 is 31.1. The number of benzene rings is 2. The third-order valence-corrected chi connectivity index (χ3v) is 5.91. The number of oxime groups is 1. The molecule has 2 aromatic carbocycles. The molecule has 1 atom stereocenters. The summed E-state index contributed by atoms with van der Waals surface area (Å²) in [6.07, 6.45) is 1.47. The largest absolute Gasteiger partial charge is 0.410 e. The van der Waals surface area contributed by atoms with E-state index < -0.39 is 29.0 Å². The highest BCUT2D eigenvalue weighted by molar-refractivity contribution is 6.35. The van der Waals surface area contributed by atoms with Gasteiger partial charge >= 0.3 is 0 Å². The lowest BCUT2D eigenvalue weighted by atomic mass is 10.0. The molecule has 176 valence electrons. The van der Waals surface area contributed by atoms with Gasteiger partial charge < -0.3 is 15.6 Å². The molecule has 2 aromatic heterocycles. The molecule has 0 spiro atoms. The molecule has 10 heteroatoms. The van der Waals surface area contributed by atoms with Crippen LogP contribution < -0.4 is 5.32 Å². The molecule has 0 bridgehead atoms. The number of aromatic nitrogens is 3. The lowest BCUT2D eigenvalue weighted by molar-refractivity contribution is 0.0646. The molecule has 34 heavy (non-hydrogen) atoms. The van der Waals surface area contributed by atoms with E-state index in [-0.39, 0.29) is 28.0 Å². The molecule has 7 nitrogen and oxygen atoms in total. The molecule has 0 radical (unpaired) electrons. The fraction of sp³-hybridized carbons (Fsp3) is 0.208. The number of aliphatic hydroxyl groups is 1. The van der Waals surface area contributed by atoms with Crippen molar-refractivity contribution in [3.63, 3.8) is 0 Å². The number of nitrogens with one attached hydrogen (secondary N) is 1. The first-order chi connectivity index (χ1) is 16.1. The van der Waals surface area contributed by atoms with Gasteiger partial charge in [0, 0.05) is 17.1 Å². The van der Waals surface area contributed by atoms with Crippen LogP contribution in [0.4, 0.5) is 14.7 Å². The maximum atomic E-state index is 15.0. The Morgan fingerprint density at radius 1 is 1.15 bits per heavy atom. The Kier molecular flexibility index (Phi) is 6.24. The Hall–Kier alpha value is -3.56. The van der Waals surface area contributed by atoms with Crippen molar-refractivity contribution in [1.82, 2.24) is 14.5 Å². The van der Waals surface area contributed by atoms with Crippen LogP contribution in [-0.4, -0.2) is 42.2 Å². The standard InChI is InChI=1S/C24H22ClF2N5O2/c1-13(24(2,3)33)29-23-28-12-14-11-19(20(31-34)15-7-4-5-8-16(15)25)32(22(14)30-23)21-17(26)9-6-10-18(21)27/h4-13,33-34H,1-3H3,(H,28,29,30). The number of fused-ring (bicyclic) bond motifs is 1. The van der Waals surface area contributed by atoms with Crippen LogP contribution in [-0.2, 0) is 0 Å². The summed E-state index contributed by atoms with van der Waals surface area (Å²) in [7, 11) is 0. The van der Waals surface area contributed by atoms with Gasteiger partial charge in [0.25, 0.3) is 0 Å². The van der Waals surface area contributed by atoms with Gasteiger partial charge in [-0.05, 0) is 45.0 Å². The average Bonchev–Trinajstić information content (AvgIpc) is 3.13. The van der Waals surface area contributed by atoms with Gasteiger partial charge in [-0.3, -0.25) is 4.57 Å². The van der Waals surface area contributed by atoms with E-state index in [0.29, 0.717) is 10.9 Å². The minimum Gasteiger partial charge on any atom is -0.410 e. The van der Waals surface area contributed by atoms with E-state index in [1.165, 1.54) is 16.8 Å². The molecule has 0 saturated carbocycles. The van der Waals surface area contributed by atoms with Crippen molar-refractivity contribution in [2.75, 3.05) is 5.32 Å². The zero-order valence-electron chi connectivity index (χ0n) is 18.6. The minimum atomic E-state index is -1.08. The van der Waals surface area contributed by atoms with Crippen molar-refractivity contribution < 1.29 is 19.1 Å². The van der Waals surface area contributed by atoms with E-state index in [1.54, 1.807) is 51.1 Å². The van der Waals surface area contributed by atoms with Crippen LogP contribution in [0, 0.1) is 11.6 Å². The Morgan fingerprint density at radius 2 is 1.82 bits per heavy atom. The van der Waals surface area contributed by atoms with Gasteiger partial charge in [-0.25, -0.2) is 13.8 Å². The molecule has 0 aliphatic rings. The summed E-state index contributed by atoms with van der Waals surface area (Å²) in [5.74, 6) is -1.54. The van der Waals surface area contributed by atoms with Gasteiger partial charge in [-0.2, -0.15) is 4.98 Å². The Labute approximate surface area is 199 Å². The molecular formula is C24H22ClF2N5O2. The topological polar surface area (TPSA) is 95.6 Å². The SMILES string of the molecule is CC(Nc1ncc2cc(C(=NO)c3ccccc3Cl)n(-c3c(F)cccc3F)c2n1)C(C)(C)O. The van der Waals surface area contributed by atoms with E-state index in [0.717, 1.165) is 12.1 Å². The van der Waals surface area contributed by atoms with Crippen molar-refractivity contribution in [3.8, 4) is 5.69 Å². The smallest absolute Gasteiger partial charge is 0.224 e. The molecule has 0 aliphatic heterocycles. The quantitative estimate of drug-likeness (QED) is 0.199. The molecule has 4 aromatic rings. The average molecular weight is 486 g/mol. The second-order valence-corrected chi connectivity index (χ2v) is 8.76. The molecule has 3 N–H and O–H groups in total. The summed E-state index contributed by atoms with van der Waals surface area (Å²) in [5, 5.41) is 27.3. The predicted octanol–water partition coefficient (Wildman–Crippen LogP) is 5.15. The maximum Gasteiger partial charge on any atom is 0.224 e. The highest BCUT2D eigenvalue weighted by Crippen LogP contribution is 2.30. The fourth-order valence-electron chi connectivity index (χ4n) is 3.43. The van der Waals surface area contributed by atoms with Gasteiger partial charge in [-0.15, -0.1) is 0 Å². The first-order valence-electron chi connectivity index (χ1n) is 10.4. The summed E-state index contributed by atoms with van der Waals surface area (Å²) in [4.78, 5) is 8.73. The summed E-state index contributed by atoms with van der Waals surface area (Å²) in [5.41, 5.74) is -0.825. The van der Waals surface area contributed by atoms with Crippen LogP contribution in [0.5, 0.6) is 0 Å². The summed E-state index contributed by atoms with van der Waals surface area (Å²) >= 11 is 6.32. The van der Waals surface area contributed by atoms with Gasteiger partial charge in [0.2, 0.25) is 5.95 Å². The predicted molar refractivity (Wildman–Crippen MR) is 127 cm³/mol. The molecule has 1 unspecified atom stereocenters. The number of halogens is 3. The van der Waals surface area contributed by atoms with Crippen molar-refractivity contribution in [3.05, 3.63) is 82.6 Å². The molecule has 0 amide bonds. The fourth-order valence-corrected chi connectivity index (χ4v) is 3.65. The molecule has 0 aliphatic carbocycles. The highest BCUT2D eigenvalue weighted by Gasteiger charge is 2.26. The van der Waals surface area contributed by atoms with Crippen LogP contribution >= 0.6 is 11.6 Å². The van der Waals surface area contributed by atoms with E-state index in [9.17, 15) is 19.1 Å². The van der Waals surface area contributed by atoms with E-state index in [1.807, 2.05) is 0 Å². The number of hydrogen-bond donors (Lipinski definition) is 3. The molecule has 4 rings (SSSR count). The Morgan fingerprint density at radius 3 is 2.44 bits per heavy atom. The van der Waals surface area contributed by atoms with Crippen molar-refractivity contribution in [2.24, 2.45) is 5.16 Å². The summed E-state index contributed by atoms with van der Waals surface area (Å²) in [6.45, 7) is 5.01. The van der Waals surface area contributed by atoms with Crippen molar-refractivity contribution >= 4 is 34.3 Å². The van der Waals surface area contributed by atoms with Crippen molar-refractivity contribution in [1.29, 1.82) is 0 Å². The zero-order valence-corrected chi connectivity index (χ0v) is 19.3. The first kappa shape index (κ1) is 23.6. The van der Waals surface area contributed by atoms with Gasteiger partial charge in [0.05, 0.1) is 22.4 Å². The zero-order chi connectivity index (χ0) is 24.6. The molecule has 2 heterocycles. The number of nitrogens with zero attached hydrogens (tertiary/aromatic N) is 4. The second-order valence-electron chi connectivity index (χ2n) is 8.36. The van der Waals surface area contributed by atoms with Gasteiger partial charge in [-0.1, -0.05) is 41.0 Å². The van der Waals surface area contributed by atoms with Gasteiger partial charge in [0.15, 0.2) is 5.65 Å². The summed E-state index contributed by atoms with van der Waals surface area (Å²) in [6, 6.07) is 11.3. The Balaban J connectivity index is 2.00. The highest BCUT2D eigenvalue weighted by atomic mass is 35.5. The van der Waals surface area contributed by atoms with Crippen LogP contribution in [0.1, 0.15) is 32.0 Å². The molecule has 0 saturated heterocycles. The minimum absolute atomic E-state index is 0.00868. The van der Waals surface area contributed by atoms with E-state index >= 15 is 0 Å². The number of rotatable bonds is 6. The lowest BCUT2D eigenvalue weighted by Crippen LogP contribution is -2.39. The lowest BCUT2D eigenvalue weighted by Gasteiger charge is -2.26. The third-order valence-electron chi connectivity index (χ3n) is 5.58. The normalized spacial score (nSPS) is 13.3. The molecule has 0 fully saturated rings. The van der Waals surface area contributed by atoms with Gasteiger partial charge in [0.1, 0.15) is 23.0 Å². The van der Waals surface area contributed by atoms with Crippen LogP contribution in [0.3, 0.4) is 0 Å². The third kappa shape index (κ3) is 4.32. The number of hydrogen-bond acceptors (Lipinski definition) is 6. The second kappa shape index (κ2) is 9.00. The van der Waals surface area contributed by atoms with Crippen LogP contribution in [0.15, 0.2) is 59.9 Å². The van der Waals surface area contributed by atoms with Crippen LogP contribution in [0.25, 0.3) is 16.7 Å². The monoisotopic (exact) mass is 485 g/mol. The number of para-hydroxylation sites is 1.